The molecule has 3 rings (SSSR count). The van der Waals surface area contributed by atoms with Crippen LogP contribution in [0.3, 0.4) is 0 Å². The van der Waals surface area contributed by atoms with E-state index in [9.17, 15) is 4.79 Å². The second kappa shape index (κ2) is 2.55. The number of allylic oxidation sites excluding steroid dienone is 4. The molecule has 0 bridgehead atoms. The summed E-state index contributed by atoms with van der Waals surface area (Å²) in [6, 6.07) is 2.03. The predicted octanol–water partition coefficient (Wildman–Crippen LogP) is 1.15. The third-order valence-electron chi connectivity index (χ3n) is 2.67. The number of hydrogen-bond acceptors (Lipinski definition) is 2. The van der Waals surface area contributed by atoms with Crippen molar-refractivity contribution in [1.29, 1.82) is 0 Å². The Morgan fingerprint density at radius 1 is 1.29 bits per heavy atom. The highest BCUT2D eigenvalue weighted by atomic mass is 32.1. The summed E-state index contributed by atoms with van der Waals surface area (Å²) in [7, 11) is 0. The van der Waals surface area contributed by atoms with E-state index < -0.39 is 0 Å². The molecule has 0 unspecified atom stereocenters. The Labute approximate surface area is 85.4 Å². The first-order valence-corrected chi connectivity index (χ1v) is 5.38. The Balaban J connectivity index is 2.51. The van der Waals surface area contributed by atoms with E-state index in [0.29, 0.717) is 0 Å². The Bertz CT molecular complexity index is 611. The van der Waals surface area contributed by atoms with Crippen molar-refractivity contribution in [2.45, 2.75) is 6.92 Å². The molecule has 0 radical (unpaired) electrons. The number of fused-ring (bicyclic) bond motifs is 2. The first kappa shape index (κ1) is 7.94. The van der Waals surface area contributed by atoms with E-state index in [1.165, 1.54) is 10.1 Å². The van der Waals surface area contributed by atoms with Gasteiger partial charge in [-0.15, -0.1) is 11.3 Å². The number of carbonyl (C=O) groups excluding carboxylic acids is 1. The maximum Gasteiger partial charge on any atom is 0.187 e. The van der Waals surface area contributed by atoms with Crippen LogP contribution in [-0.2, 0) is 4.79 Å². The molecule has 0 aliphatic heterocycles. The van der Waals surface area contributed by atoms with E-state index in [1.807, 2.05) is 24.4 Å². The smallest absolute Gasteiger partial charge is 0.187 e. The molecule has 68 valence electrons. The highest BCUT2D eigenvalue weighted by Gasteiger charge is 2.21. The number of ketones is 1. The molecule has 14 heavy (non-hydrogen) atoms. The SMILES string of the molecule is CC1=C2C=c3sccc3=C2C(=O)C=C1. The highest BCUT2D eigenvalue weighted by molar-refractivity contribution is 7.07. The minimum Gasteiger partial charge on any atom is -0.289 e. The molecule has 0 spiro atoms. The Morgan fingerprint density at radius 2 is 2.14 bits per heavy atom. The third-order valence-corrected chi connectivity index (χ3v) is 3.53. The minimum absolute atomic E-state index is 0.138. The number of rotatable bonds is 0. The average Bonchev–Trinajstić information content (AvgIpc) is 2.70. The topological polar surface area (TPSA) is 17.1 Å². The number of hydrogen-bond donors (Lipinski definition) is 0. The Kier molecular flexibility index (Phi) is 1.45. The predicted molar refractivity (Wildman–Crippen MR) is 58.3 cm³/mol. The largest absolute Gasteiger partial charge is 0.289 e. The fourth-order valence-electron chi connectivity index (χ4n) is 1.94. The van der Waals surface area contributed by atoms with Gasteiger partial charge < -0.3 is 0 Å². The lowest BCUT2D eigenvalue weighted by atomic mass is 9.94. The third kappa shape index (κ3) is 0.863. The van der Waals surface area contributed by atoms with Gasteiger partial charge in [0, 0.05) is 15.3 Å². The van der Waals surface area contributed by atoms with E-state index in [-0.39, 0.29) is 5.78 Å². The molecular formula is C12H8OS. The summed E-state index contributed by atoms with van der Waals surface area (Å²) in [6.07, 6.45) is 5.68. The molecule has 1 aromatic rings. The molecule has 1 aromatic heterocycles. The van der Waals surface area contributed by atoms with Gasteiger partial charge in [-0.2, -0.15) is 0 Å². The van der Waals surface area contributed by atoms with Crippen molar-refractivity contribution in [1.82, 2.24) is 0 Å². The van der Waals surface area contributed by atoms with Gasteiger partial charge in [-0.3, -0.25) is 4.79 Å². The second-order valence-corrected chi connectivity index (χ2v) is 4.46. The lowest BCUT2D eigenvalue weighted by Crippen LogP contribution is -2.19. The average molecular weight is 200 g/mol. The van der Waals surface area contributed by atoms with Crippen LogP contribution in [0.25, 0.3) is 11.6 Å². The molecule has 0 saturated heterocycles. The van der Waals surface area contributed by atoms with Gasteiger partial charge in [-0.1, -0.05) is 6.08 Å². The molecule has 2 aliphatic rings. The molecule has 0 fully saturated rings. The van der Waals surface area contributed by atoms with Crippen LogP contribution >= 0.6 is 11.3 Å². The Morgan fingerprint density at radius 3 is 3.00 bits per heavy atom. The standard InChI is InChI=1S/C12H8OS/c1-7-2-3-10(13)12-8-4-5-14-11(8)6-9(7)12/h2-6H,1H3. The zero-order chi connectivity index (χ0) is 9.71. The lowest BCUT2D eigenvalue weighted by Gasteiger charge is -2.09. The first-order valence-electron chi connectivity index (χ1n) is 4.50. The minimum atomic E-state index is 0.138. The van der Waals surface area contributed by atoms with Crippen LogP contribution in [0.4, 0.5) is 0 Å². The zero-order valence-corrected chi connectivity index (χ0v) is 8.52. The number of carbonyl (C=O) groups is 1. The molecule has 0 amide bonds. The fourth-order valence-corrected chi connectivity index (χ4v) is 2.77. The van der Waals surface area contributed by atoms with Crippen molar-refractivity contribution in [3.63, 3.8) is 0 Å². The van der Waals surface area contributed by atoms with Gasteiger partial charge in [0.25, 0.3) is 0 Å². The molecular weight excluding hydrogens is 192 g/mol. The summed E-state index contributed by atoms with van der Waals surface area (Å²) >= 11 is 1.69. The van der Waals surface area contributed by atoms with Gasteiger partial charge in [0.2, 0.25) is 0 Å². The van der Waals surface area contributed by atoms with E-state index >= 15 is 0 Å². The van der Waals surface area contributed by atoms with Crippen LogP contribution < -0.4 is 9.75 Å². The van der Waals surface area contributed by atoms with Gasteiger partial charge in [-0.25, -0.2) is 0 Å². The maximum atomic E-state index is 11.7. The van der Waals surface area contributed by atoms with E-state index in [4.69, 9.17) is 0 Å². The summed E-state index contributed by atoms with van der Waals surface area (Å²) in [6.45, 7) is 2.05. The van der Waals surface area contributed by atoms with Gasteiger partial charge >= 0.3 is 0 Å². The van der Waals surface area contributed by atoms with E-state index in [1.54, 1.807) is 17.4 Å². The van der Waals surface area contributed by atoms with Crippen molar-refractivity contribution in [2.24, 2.45) is 0 Å². The second-order valence-electron chi connectivity index (χ2n) is 3.51. The quantitative estimate of drug-likeness (QED) is 0.614. The van der Waals surface area contributed by atoms with Crippen molar-refractivity contribution in [3.05, 3.63) is 44.5 Å². The molecule has 1 nitrogen and oxygen atoms in total. The molecule has 0 N–H and O–H groups in total. The van der Waals surface area contributed by atoms with Gasteiger partial charge in [0.1, 0.15) is 0 Å². The molecule has 0 saturated carbocycles. The molecule has 2 aliphatic carbocycles. The summed E-state index contributed by atoms with van der Waals surface area (Å²) in [4.78, 5) is 11.7. The van der Waals surface area contributed by atoms with E-state index in [0.717, 1.165) is 16.4 Å². The van der Waals surface area contributed by atoms with Gasteiger partial charge in [0.05, 0.1) is 0 Å². The zero-order valence-electron chi connectivity index (χ0n) is 7.70. The fraction of sp³-hybridized carbons (Fsp3) is 0.0833. The van der Waals surface area contributed by atoms with Crippen molar-refractivity contribution >= 4 is 28.8 Å². The van der Waals surface area contributed by atoms with Crippen molar-refractivity contribution in [2.75, 3.05) is 0 Å². The molecule has 2 heteroatoms. The van der Waals surface area contributed by atoms with Crippen LogP contribution in [0.5, 0.6) is 0 Å². The first-order chi connectivity index (χ1) is 6.77. The van der Waals surface area contributed by atoms with E-state index in [2.05, 4.69) is 6.08 Å². The van der Waals surface area contributed by atoms with Gasteiger partial charge in [0.15, 0.2) is 5.78 Å². The highest BCUT2D eigenvalue weighted by Crippen LogP contribution is 2.25. The molecule has 0 atom stereocenters. The van der Waals surface area contributed by atoms with Crippen LogP contribution in [0.15, 0.2) is 34.7 Å². The lowest BCUT2D eigenvalue weighted by molar-refractivity contribution is -0.109. The van der Waals surface area contributed by atoms with Crippen LogP contribution in [0, 0.1) is 0 Å². The monoisotopic (exact) mass is 200 g/mol. The summed E-state index contributed by atoms with van der Waals surface area (Å²) < 4.78 is 1.21. The molecule has 1 heterocycles. The normalized spacial score (nSPS) is 18.4. The molecule has 0 aromatic carbocycles. The van der Waals surface area contributed by atoms with Crippen LogP contribution in [0.1, 0.15) is 6.92 Å². The van der Waals surface area contributed by atoms with Crippen LogP contribution in [0.2, 0.25) is 0 Å². The summed E-state index contributed by atoms with van der Waals surface area (Å²) in [5, 5.41) is 3.14. The van der Waals surface area contributed by atoms with Crippen molar-refractivity contribution < 1.29 is 4.79 Å². The summed E-state index contributed by atoms with van der Waals surface area (Å²) in [5.74, 6) is 0.138. The summed E-state index contributed by atoms with van der Waals surface area (Å²) in [5.41, 5.74) is 3.18. The van der Waals surface area contributed by atoms with Crippen LogP contribution in [-0.4, -0.2) is 5.78 Å². The van der Waals surface area contributed by atoms with Gasteiger partial charge in [-0.05, 0) is 41.7 Å². The number of thiophene rings is 1. The Hall–Kier alpha value is -1.41. The maximum absolute atomic E-state index is 11.7. The van der Waals surface area contributed by atoms with Crippen molar-refractivity contribution in [3.8, 4) is 0 Å².